The molecule has 0 unspecified atom stereocenters. The maximum absolute atomic E-state index is 13.4. The molecule has 0 spiro atoms. The Labute approximate surface area is 168 Å². The highest BCUT2D eigenvalue weighted by atomic mass is 16.5. The Kier molecular flexibility index (Phi) is 5.11. The summed E-state index contributed by atoms with van der Waals surface area (Å²) in [5.41, 5.74) is 2.77. The number of pyridine rings is 1. The van der Waals surface area contributed by atoms with Gasteiger partial charge < -0.3 is 14.0 Å². The Bertz CT molecular complexity index is 1140. The second-order valence-corrected chi connectivity index (χ2v) is 6.32. The van der Waals surface area contributed by atoms with E-state index >= 15 is 0 Å². The van der Waals surface area contributed by atoms with E-state index in [-0.39, 0.29) is 12.5 Å². The van der Waals surface area contributed by atoms with Gasteiger partial charge in [0.2, 0.25) is 0 Å². The van der Waals surface area contributed by atoms with Crippen molar-refractivity contribution in [3.8, 4) is 11.5 Å². The average Bonchev–Trinajstić information content (AvgIpc) is 3.17. The van der Waals surface area contributed by atoms with Crippen LogP contribution in [0.2, 0.25) is 0 Å². The molecule has 4 aromatic rings. The molecule has 2 aromatic carbocycles. The van der Waals surface area contributed by atoms with Gasteiger partial charge in [-0.2, -0.15) is 0 Å². The number of aromatic nitrogens is 3. The molecule has 0 radical (unpaired) electrons. The number of rotatable bonds is 6. The van der Waals surface area contributed by atoms with Gasteiger partial charge in [-0.3, -0.25) is 9.69 Å². The van der Waals surface area contributed by atoms with Crippen LogP contribution in [0.1, 0.15) is 0 Å². The SMILES string of the molecule is COc1ccc(N(C(=O)Cn2cnc3cccnc32)c2ccccc2)c(OC)c1. The van der Waals surface area contributed by atoms with Crippen LogP contribution in [0.5, 0.6) is 11.5 Å². The molecule has 0 aliphatic heterocycles. The van der Waals surface area contributed by atoms with Crippen LogP contribution in [-0.4, -0.2) is 34.7 Å². The molecule has 1 amide bonds. The summed E-state index contributed by atoms with van der Waals surface area (Å²) in [6, 6.07) is 18.5. The number of ether oxygens (including phenoxy) is 2. The van der Waals surface area contributed by atoms with E-state index in [4.69, 9.17) is 9.47 Å². The zero-order valence-corrected chi connectivity index (χ0v) is 16.1. The first-order valence-corrected chi connectivity index (χ1v) is 9.07. The molecule has 7 nitrogen and oxygen atoms in total. The Morgan fingerprint density at radius 1 is 1.00 bits per heavy atom. The topological polar surface area (TPSA) is 69.5 Å². The Hall–Kier alpha value is -3.87. The van der Waals surface area contributed by atoms with Crippen molar-refractivity contribution in [3.05, 3.63) is 73.2 Å². The summed E-state index contributed by atoms with van der Waals surface area (Å²) >= 11 is 0. The van der Waals surface area contributed by atoms with Crippen molar-refractivity contribution < 1.29 is 14.3 Å². The molecular weight excluding hydrogens is 368 g/mol. The Morgan fingerprint density at radius 3 is 2.59 bits per heavy atom. The van der Waals surface area contributed by atoms with Crippen molar-refractivity contribution in [2.75, 3.05) is 19.1 Å². The highest BCUT2D eigenvalue weighted by Crippen LogP contribution is 2.36. The molecule has 0 aliphatic rings. The predicted octanol–water partition coefficient (Wildman–Crippen LogP) is 3.81. The largest absolute Gasteiger partial charge is 0.497 e. The number of benzene rings is 2. The van der Waals surface area contributed by atoms with Crippen LogP contribution >= 0.6 is 0 Å². The van der Waals surface area contributed by atoms with E-state index in [0.717, 1.165) is 11.2 Å². The second kappa shape index (κ2) is 8.02. The molecule has 2 aromatic heterocycles. The van der Waals surface area contributed by atoms with Crippen molar-refractivity contribution >= 4 is 28.4 Å². The number of imidazole rings is 1. The zero-order chi connectivity index (χ0) is 20.2. The highest BCUT2D eigenvalue weighted by Gasteiger charge is 2.23. The number of hydrogen-bond acceptors (Lipinski definition) is 5. The summed E-state index contributed by atoms with van der Waals surface area (Å²) in [5, 5.41) is 0. The average molecular weight is 388 g/mol. The number of methoxy groups -OCH3 is 2. The molecule has 0 aliphatic carbocycles. The summed E-state index contributed by atoms with van der Waals surface area (Å²) in [6.45, 7) is 0.0809. The van der Waals surface area contributed by atoms with Crippen molar-refractivity contribution in [2.24, 2.45) is 0 Å². The first-order chi connectivity index (χ1) is 14.2. The van der Waals surface area contributed by atoms with Crippen molar-refractivity contribution in [1.82, 2.24) is 14.5 Å². The van der Waals surface area contributed by atoms with Crippen LogP contribution in [0, 0.1) is 0 Å². The minimum atomic E-state index is -0.149. The summed E-state index contributed by atoms with van der Waals surface area (Å²) in [7, 11) is 3.16. The maximum Gasteiger partial charge on any atom is 0.251 e. The van der Waals surface area contributed by atoms with E-state index in [1.54, 1.807) is 48.3 Å². The van der Waals surface area contributed by atoms with Crippen LogP contribution in [0.3, 0.4) is 0 Å². The van der Waals surface area contributed by atoms with E-state index in [1.165, 1.54) is 0 Å². The lowest BCUT2D eigenvalue weighted by Crippen LogP contribution is -2.30. The first-order valence-electron chi connectivity index (χ1n) is 9.07. The second-order valence-electron chi connectivity index (χ2n) is 6.32. The van der Waals surface area contributed by atoms with E-state index in [9.17, 15) is 4.79 Å². The summed E-state index contributed by atoms with van der Waals surface area (Å²) in [5.74, 6) is 1.04. The molecule has 2 heterocycles. The van der Waals surface area contributed by atoms with Gasteiger partial charge in [-0.1, -0.05) is 18.2 Å². The zero-order valence-electron chi connectivity index (χ0n) is 16.1. The van der Waals surface area contributed by atoms with Gasteiger partial charge >= 0.3 is 0 Å². The Balaban J connectivity index is 1.76. The number of anilines is 2. The minimum Gasteiger partial charge on any atom is -0.497 e. The fraction of sp³-hybridized carbons (Fsp3) is 0.136. The summed E-state index contributed by atoms with van der Waals surface area (Å²) < 4.78 is 12.6. The van der Waals surface area contributed by atoms with Gasteiger partial charge in [-0.25, -0.2) is 9.97 Å². The van der Waals surface area contributed by atoms with Crippen LogP contribution < -0.4 is 14.4 Å². The quantitative estimate of drug-likeness (QED) is 0.502. The van der Waals surface area contributed by atoms with Crippen LogP contribution in [-0.2, 0) is 11.3 Å². The van der Waals surface area contributed by atoms with Gasteiger partial charge in [-0.15, -0.1) is 0 Å². The Morgan fingerprint density at radius 2 is 1.83 bits per heavy atom. The van der Waals surface area contributed by atoms with Gasteiger partial charge in [0.25, 0.3) is 5.91 Å². The third-order valence-electron chi connectivity index (χ3n) is 4.57. The third-order valence-corrected chi connectivity index (χ3v) is 4.57. The molecule has 0 saturated carbocycles. The maximum atomic E-state index is 13.4. The summed E-state index contributed by atoms with van der Waals surface area (Å²) in [6.07, 6.45) is 3.32. The predicted molar refractivity (Wildman–Crippen MR) is 111 cm³/mol. The molecule has 146 valence electrons. The number of nitrogens with zero attached hydrogens (tertiary/aromatic N) is 4. The monoisotopic (exact) mass is 388 g/mol. The van der Waals surface area contributed by atoms with E-state index in [0.29, 0.717) is 22.8 Å². The number of para-hydroxylation sites is 1. The summed E-state index contributed by atoms with van der Waals surface area (Å²) in [4.78, 5) is 23.7. The smallest absolute Gasteiger partial charge is 0.251 e. The lowest BCUT2D eigenvalue weighted by atomic mass is 10.2. The fourth-order valence-electron chi connectivity index (χ4n) is 3.19. The van der Waals surface area contributed by atoms with Crippen molar-refractivity contribution in [3.63, 3.8) is 0 Å². The number of carbonyl (C=O) groups is 1. The molecule has 0 fully saturated rings. The van der Waals surface area contributed by atoms with Gasteiger partial charge in [0.15, 0.2) is 5.65 Å². The van der Waals surface area contributed by atoms with Crippen LogP contribution in [0.15, 0.2) is 73.2 Å². The molecule has 7 heteroatoms. The number of amides is 1. The van der Waals surface area contributed by atoms with Gasteiger partial charge in [0, 0.05) is 18.0 Å². The van der Waals surface area contributed by atoms with Crippen LogP contribution in [0.25, 0.3) is 11.2 Å². The molecule has 4 rings (SSSR count). The number of fused-ring (bicyclic) bond motifs is 1. The minimum absolute atomic E-state index is 0.0809. The number of carbonyl (C=O) groups excluding carboxylic acids is 1. The molecule has 0 bridgehead atoms. The lowest BCUT2D eigenvalue weighted by molar-refractivity contribution is -0.118. The van der Waals surface area contributed by atoms with E-state index in [2.05, 4.69) is 9.97 Å². The van der Waals surface area contributed by atoms with Gasteiger partial charge in [0.1, 0.15) is 23.6 Å². The van der Waals surface area contributed by atoms with Crippen LogP contribution in [0.4, 0.5) is 11.4 Å². The molecule has 0 N–H and O–H groups in total. The first kappa shape index (κ1) is 18.5. The normalized spacial score (nSPS) is 10.7. The molecular formula is C22H20N4O3. The van der Waals surface area contributed by atoms with Gasteiger partial charge in [-0.05, 0) is 36.4 Å². The molecule has 0 atom stereocenters. The third kappa shape index (κ3) is 3.62. The standard InChI is InChI=1S/C22H20N4O3/c1-28-17-10-11-19(20(13-17)29-2)26(16-7-4-3-5-8-16)21(27)14-25-15-24-18-9-6-12-23-22(18)25/h3-13,15H,14H2,1-2H3. The van der Waals surface area contributed by atoms with Crippen molar-refractivity contribution in [1.29, 1.82) is 0 Å². The molecule has 0 saturated heterocycles. The fourth-order valence-corrected chi connectivity index (χ4v) is 3.19. The number of hydrogen-bond donors (Lipinski definition) is 0. The van der Waals surface area contributed by atoms with Crippen molar-refractivity contribution in [2.45, 2.75) is 6.54 Å². The molecule has 29 heavy (non-hydrogen) atoms. The lowest BCUT2D eigenvalue weighted by Gasteiger charge is -2.25. The van der Waals surface area contributed by atoms with Gasteiger partial charge in [0.05, 0.1) is 26.2 Å². The van der Waals surface area contributed by atoms with E-state index in [1.807, 2.05) is 48.5 Å². The highest BCUT2D eigenvalue weighted by molar-refractivity contribution is 6.02. The van der Waals surface area contributed by atoms with E-state index < -0.39 is 0 Å².